The second kappa shape index (κ2) is 6.68. The molecule has 1 aromatic rings. The van der Waals surface area contributed by atoms with E-state index in [-0.39, 0.29) is 0 Å². The number of hydrogen-bond acceptors (Lipinski definition) is 4. The maximum Gasteiger partial charge on any atom is 0.220 e. The van der Waals surface area contributed by atoms with Gasteiger partial charge in [0, 0.05) is 11.2 Å². The highest BCUT2D eigenvalue weighted by Gasteiger charge is 2.10. The van der Waals surface area contributed by atoms with Crippen LogP contribution in [0.5, 0.6) is 11.8 Å². The zero-order valence-corrected chi connectivity index (χ0v) is 11.5. The molecule has 0 fully saturated rings. The second-order valence-electron chi connectivity index (χ2n) is 3.46. The summed E-state index contributed by atoms with van der Waals surface area (Å²) >= 11 is 3.61. The van der Waals surface area contributed by atoms with Crippen LogP contribution >= 0.6 is 15.9 Å². The van der Waals surface area contributed by atoms with Gasteiger partial charge in [-0.3, -0.25) is 0 Å². The minimum Gasteiger partial charge on any atom is -0.481 e. The second-order valence-corrected chi connectivity index (χ2v) is 4.75. The SMILES string of the molecule is CCCC(Br)Cc1nc(OC)cc(OC)n1. The van der Waals surface area contributed by atoms with E-state index in [2.05, 4.69) is 32.8 Å². The molecule has 0 radical (unpaired) electrons. The van der Waals surface area contributed by atoms with E-state index in [4.69, 9.17) is 9.47 Å². The molecule has 16 heavy (non-hydrogen) atoms. The number of hydrogen-bond donors (Lipinski definition) is 0. The van der Waals surface area contributed by atoms with Gasteiger partial charge in [-0.25, -0.2) is 0 Å². The molecule has 0 aliphatic rings. The summed E-state index contributed by atoms with van der Waals surface area (Å²) in [5.74, 6) is 1.82. The minimum atomic E-state index is 0.398. The van der Waals surface area contributed by atoms with Crippen molar-refractivity contribution >= 4 is 15.9 Å². The van der Waals surface area contributed by atoms with Gasteiger partial charge in [-0.05, 0) is 6.42 Å². The first kappa shape index (κ1) is 13.2. The fourth-order valence-corrected chi connectivity index (χ4v) is 2.11. The van der Waals surface area contributed by atoms with Crippen LogP contribution in [0, 0.1) is 0 Å². The molecule has 1 heterocycles. The molecule has 1 atom stereocenters. The molecule has 1 rings (SSSR count). The van der Waals surface area contributed by atoms with E-state index in [0.29, 0.717) is 16.6 Å². The zero-order chi connectivity index (χ0) is 12.0. The van der Waals surface area contributed by atoms with E-state index < -0.39 is 0 Å². The highest BCUT2D eigenvalue weighted by atomic mass is 79.9. The van der Waals surface area contributed by atoms with Crippen molar-refractivity contribution < 1.29 is 9.47 Å². The van der Waals surface area contributed by atoms with Crippen LogP contribution in [-0.2, 0) is 6.42 Å². The highest BCUT2D eigenvalue weighted by Crippen LogP contribution is 2.18. The molecule has 1 aromatic heterocycles. The van der Waals surface area contributed by atoms with Crippen LogP contribution in [0.1, 0.15) is 25.6 Å². The summed E-state index contributed by atoms with van der Waals surface area (Å²) in [6.45, 7) is 2.15. The van der Waals surface area contributed by atoms with Crippen LogP contribution in [-0.4, -0.2) is 29.0 Å². The van der Waals surface area contributed by atoms with Crippen LogP contribution in [0.25, 0.3) is 0 Å². The molecule has 90 valence electrons. The maximum absolute atomic E-state index is 5.09. The lowest BCUT2D eigenvalue weighted by Gasteiger charge is -2.09. The summed E-state index contributed by atoms with van der Waals surface area (Å²) in [6, 6.07) is 1.67. The third kappa shape index (κ3) is 3.96. The summed E-state index contributed by atoms with van der Waals surface area (Å²) in [5, 5.41) is 0. The van der Waals surface area contributed by atoms with Crippen molar-refractivity contribution in [3.05, 3.63) is 11.9 Å². The van der Waals surface area contributed by atoms with Crippen LogP contribution in [0.4, 0.5) is 0 Å². The van der Waals surface area contributed by atoms with Gasteiger partial charge >= 0.3 is 0 Å². The van der Waals surface area contributed by atoms with Gasteiger partial charge in [0.15, 0.2) is 0 Å². The van der Waals surface area contributed by atoms with Crippen molar-refractivity contribution in [3.8, 4) is 11.8 Å². The normalized spacial score (nSPS) is 12.2. The molecule has 0 spiro atoms. The highest BCUT2D eigenvalue weighted by molar-refractivity contribution is 9.09. The van der Waals surface area contributed by atoms with Crippen LogP contribution in [0.2, 0.25) is 0 Å². The lowest BCUT2D eigenvalue weighted by atomic mass is 10.2. The average molecular weight is 289 g/mol. The Morgan fingerprint density at radius 3 is 2.25 bits per heavy atom. The molecule has 0 saturated carbocycles. The Kier molecular flexibility index (Phi) is 5.52. The van der Waals surface area contributed by atoms with Gasteiger partial charge in [-0.1, -0.05) is 29.3 Å². The topological polar surface area (TPSA) is 44.2 Å². The summed E-state index contributed by atoms with van der Waals surface area (Å²) in [4.78, 5) is 8.95. The molecule has 0 bridgehead atoms. The third-order valence-corrected chi connectivity index (χ3v) is 2.93. The predicted octanol–water partition coefficient (Wildman–Crippen LogP) is 2.60. The number of rotatable bonds is 6. The predicted molar refractivity (Wildman–Crippen MR) is 66.5 cm³/mol. The number of nitrogens with zero attached hydrogens (tertiary/aromatic N) is 2. The lowest BCUT2D eigenvalue weighted by Crippen LogP contribution is -2.07. The number of halogens is 1. The van der Waals surface area contributed by atoms with E-state index >= 15 is 0 Å². The first-order chi connectivity index (χ1) is 7.69. The number of alkyl halides is 1. The Bertz CT molecular complexity index is 312. The third-order valence-electron chi connectivity index (χ3n) is 2.15. The monoisotopic (exact) mass is 288 g/mol. The van der Waals surface area contributed by atoms with Crippen molar-refractivity contribution in [3.63, 3.8) is 0 Å². The summed E-state index contributed by atoms with van der Waals surface area (Å²) in [5.41, 5.74) is 0. The zero-order valence-electron chi connectivity index (χ0n) is 9.86. The van der Waals surface area contributed by atoms with Crippen molar-refractivity contribution in [1.29, 1.82) is 0 Å². The molecule has 0 aliphatic heterocycles. The number of ether oxygens (including phenoxy) is 2. The molecule has 0 aliphatic carbocycles. The molecular formula is C11H17BrN2O2. The summed E-state index contributed by atoms with van der Waals surface area (Å²) in [7, 11) is 3.17. The first-order valence-corrected chi connectivity index (χ1v) is 6.21. The molecule has 0 saturated heterocycles. The Morgan fingerprint density at radius 2 is 1.81 bits per heavy atom. The minimum absolute atomic E-state index is 0.398. The van der Waals surface area contributed by atoms with E-state index in [1.54, 1.807) is 20.3 Å². The molecule has 0 amide bonds. The van der Waals surface area contributed by atoms with Crippen LogP contribution in [0.3, 0.4) is 0 Å². The fraction of sp³-hybridized carbons (Fsp3) is 0.636. The maximum atomic E-state index is 5.09. The van der Waals surface area contributed by atoms with Gasteiger partial charge < -0.3 is 9.47 Å². The largest absolute Gasteiger partial charge is 0.481 e. The quantitative estimate of drug-likeness (QED) is 0.755. The lowest BCUT2D eigenvalue weighted by molar-refractivity contribution is 0.368. The van der Waals surface area contributed by atoms with Gasteiger partial charge in [-0.15, -0.1) is 0 Å². The molecule has 0 N–H and O–H groups in total. The van der Waals surface area contributed by atoms with E-state index in [9.17, 15) is 0 Å². The van der Waals surface area contributed by atoms with Crippen LogP contribution < -0.4 is 9.47 Å². The number of methoxy groups -OCH3 is 2. The van der Waals surface area contributed by atoms with Crippen molar-refractivity contribution in [1.82, 2.24) is 9.97 Å². The smallest absolute Gasteiger partial charge is 0.220 e. The Morgan fingerprint density at radius 1 is 1.25 bits per heavy atom. The standard InChI is InChI=1S/C11H17BrN2O2/c1-4-5-8(12)6-9-13-10(15-2)7-11(14-9)16-3/h7-8H,4-6H2,1-3H3. The average Bonchev–Trinajstić information content (AvgIpc) is 2.28. The molecule has 1 unspecified atom stereocenters. The number of aromatic nitrogens is 2. The van der Waals surface area contributed by atoms with E-state index in [1.807, 2.05) is 0 Å². The van der Waals surface area contributed by atoms with Crippen molar-refractivity contribution in [2.75, 3.05) is 14.2 Å². The molecule has 4 nitrogen and oxygen atoms in total. The van der Waals surface area contributed by atoms with Crippen molar-refractivity contribution in [2.24, 2.45) is 0 Å². The van der Waals surface area contributed by atoms with Crippen molar-refractivity contribution in [2.45, 2.75) is 31.0 Å². The van der Waals surface area contributed by atoms with Gasteiger partial charge in [0.2, 0.25) is 11.8 Å². The van der Waals surface area contributed by atoms with E-state index in [0.717, 1.165) is 25.1 Å². The Hall–Kier alpha value is -0.840. The fourth-order valence-electron chi connectivity index (χ4n) is 1.36. The molecular weight excluding hydrogens is 272 g/mol. The Balaban J connectivity index is 2.78. The summed E-state index contributed by atoms with van der Waals surface area (Å²) < 4.78 is 10.2. The van der Waals surface area contributed by atoms with Gasteiger partial charge in [0.25, 0.3) is 0 Å². The Labute approximate surface area is 105 Å². The summed E-state index contributed by atoms with van der Waals surface area (Å²) in [6.07, 6.45) is 3.02. The van der Waals surface area contributed by atoms with Gasteiger partial charge in [-0.2, -0.15) is 9.97 Å². The first-order valence-electron chi connectivity index (χ1n) is 5.29. The molecule has 5 heteroatoms. The van der Waals surface area contributed by atoms with Crippen LogP contribution in [0.15, 0.2) is 6.07 Å². The molecule has 0 aromatic carbocycles. The van der Waals surface area contributed by atoms with Gasteiger partial charge in [0.1, 0.15) is 5.82 Å². The van der Waals surface area contributed by atoms with E-state index in [1.165, 1.54) is 0 Å². The van der Waals surface area contributed by atoms with Gasteiger partial charge in [0.05, 0.1) is 20.3 Å².